The maximum atomic E-state index is 3.69. The molecule has 0 amide bonds. The lowest BCUT2D eigenvalue weighted by molar-refractivity contribution is 0.0983. The van der Waals surface area contributed by atoms with Crippen molar-refractivity contribution < 1.29 is 0 Å². The number of nitrogens with zero attached hydrogens (tertiary/aromatic N) is 2. The molecule has 1 saturated heterocycles. The molecule has 3 nitrogen and oxygen atoms in total. The third-order valence-electron chi connectivity index (χ3n) is 5.76. The molecule has 20 heavy (non-hydrogen) atoms. The zero-order chi connectivity index (χ0) is 13.6. The average molecular weight is 279 g/mol. The number of piperazine rings is 1. The van der Waals surface area contributed by atoms with Gasteiger partial charge in [0.05, 0.1) is 0 Å². The molecule has 0 aromatic heterocycles. The number of hydrogen-bond acceptors (Lipinski definition) is 3. The van der Waals surface area contributed by atoms with E-state index in [-0.39, 0.29) is 0 Å². The van der Waals surface area contributed by atoms with Gasteiger partial charge in [0.1, 0.15) is 0 Å². The molecule has 3 fully saturated rings. The molecule has 2 saturated carbocycles. The van der Waals surface area contributed by atoms with E-state index in [0.29, 0.717) is 0 Å². The number of hydrogen-bond donors (Lipinski definition) is 1. The first-order valence-corrected chi connectivity index (χ1v) is 9.09. The van der Waals surface area contributed by atoms with E-state index < -0.39 is 0 Å². The molecule has 3 rings (SSSR count). The lowest BCUT2D eigenvalue weighted by Gasteiger charge is -2.38. The Hall–Kier alpha value is -0.120. The summed E-state index contributed by atoms with van der Waals surface area (Å²) in [5.41, 5.74) is 0. The fourth-order valence-electron chi connectivity index (χ4n) is 4.38. The summed E-state index contributed by atoms with van der Waals surface area (Å²) >= 11 is 0. The first-order chi connectivity index (χ1) is 9.92. The second-order valence-electron chi connectivity index (χ2n) is 7.17. The van der Waals surface area contributed by atoms with Gasteiger partial charge in [0, 0.05) is 45.3 Å². The summed E-state index contributed by atoms with van der Waals surface area (Å²) in [5, 5.41) is 3.69. The largest absolute Gasteiger partial charge is 0.315 e. The van der Waals surface area contributed by atoms with Crippen molar-refractivity contribution in [2.75, 3.05) is 45.8 Å². The van der Waals surface area contributed by atoms with Gasteiger partial charge < -0.3 is 5.32 Å². The maximum Gasteiger partial charge on any atom is 0.0113 e. The summed E-state index contributed by atoms with van der Waals surface area (Å²) in [7, 11) is 0. The van der Waals surface area contributed by atoms with E-state index >= 15 is 0 Å². The van der Waals surface area contributed by atoms with E-state index in [2.05, 4.69) is 15.1 Å². The van der Waals surface area contributed by atoms with Gasteiger partial charge in [-0.25, -0.2) is 0 Å². The van der Waals surface area contributed by atoms with E-state index in [0.717, 1.165) is 12.0 Å². The van der Waals surface area contributed by atoms with Crippen LogP contribution in [0.5, 0.6) is 0 Å². The molecule has 116 valence electrons. The molecule has 0 atom stereocenters. The Bertz CT molecular complexity index is 261. The van der Waals surface area contributed by atoms with Gasteiger partial charge in [-0.15, -0.1) is 0 Å². The van der Waals surface area contributed by atoms with Crippen LogP contribution in [0.15, 0.2) is 0 Å². The van der Waals surface area contributed by atoms with Gasteiger partial charge in [0.25, 0.3) is 0 Å². The molecule has 1 aliphatic heterocycles. The summed E-state index contributed by atoms with van der Waals surface area (Å²) < 4.78 is 0. The second kappa shape index (κ2) is 7.77. The molecule has 3 heteroatoms. The topological polar surface area (TPSA) is 18.5 Å². The van der Waals surface area contributed by atoms with Crippen molar-refractivity contribution in [1.29, 1.82) is 0 Å². The van der Waals surface area contributed by atoms with Crippen LogP contribution in [0, 0.1) is 5.92 Å². The monoisotopic (exact) mass is 279 g/mol. The highest BCUT2D eigenvalue weighted by atomic mass is 15.3. The zero-order valence-electron chi connectivity index (χ0n) is 13.2. The number of rotatable bonds is 6. The molecular formula is C17H33N3. The van der Waals surface area contributed by atoms with Gasteiger partial charge in [-0.05, 0) is 38.1 Å². The van der Waals surface area contributed by atoms with Crippen molar-refractivity contribution in [3.63, 3.8) is 0 Å². The average Bonchev–Trinajstić information content (AvgIpc) is 3.17. The standard InChI is InChI=1S/C17H33N3/c1-2-6-16(5-1)15-18-9-10-19-11-13-20(14-12-19)17-7-3-4-8-17/h16-18H,1-15H2. The summed E-state index contributed by atoms with van der Waals surface area (Å²) in [5.74, 6) is 0.981. The Morgan fingerprint density at radius 2 is 1.45 bits per heavy atom. The minimum absolute atomic E-state index is 0.928. The Morgan fingerprint density at radius 3 is 2.15 bits per heavy atom. The highest BCUT2D eigenvalue weighted by Crippen LogP contribution is 2.24. The molecule has 0 bridgehead atoms. The lowest BCUT2D eigenvalue weighted by Crippen LogP contribution is -2.50. The molecule has 0 spiro atoms. The van der Waals surface area contributed by atoms with Crippen molar-refractivity contribution in [1.82, 2.24) is 15.1 Å². The van der Waals surface area contributed by atoms with Crippen LogP contribution < -0.4 is 5.32 Å². The van der Waals surface area contributed by atoms with Crippen molar-refractivity contribution in [3.8, 4) is 0 Å². The van der Waals surface area contributed by atoms with Gasteiger partial charge in [0.15, 0.2) is 0 Å². The van der Waals surface area contributed by atoms with E-state index in [4.69, 9.17) is 0 Å². The predicted octanol–water partition coefficient (Wildman–Crippen LogP) is 2.33. The van der Waals surface area contributed by atoms with Crippen LogP contribution in [0.4, 0.5) is 0 Å². The van der Waals surface area contributed by atoms with E-state index in [1.807, 2.05) is 0 Å². The fourth-order valence-corrected chi connectivity index (χ4v) is 4.38. The quantitative estimate of drug-likeness (QED) is 0.753. The van der Waals surface area contributed by atoms with Crippen molar-refractivity contribution in [2.45, 2.75) is 57.4 Å². The van der Waals surface area contributed by atoms with Crippen molar-refractivity contribution in [2.24, 2.45) is 5.92 Å². The molecular weight excluding hydrogens is 246 g/mol. The lowest BCUT2D eigenvalue weighted by atomic mass is 10.1. The summed E-state index contributed by atoms with van der Waals surface area (Å²) in [6.07, 6.45) is 11.7. The molecule has 1 heterocycles. The van der Waals surface area contributed by atoms with Crippen LogP contribution >= 0.6 is 0 Å². The third-order valence-corrected chi connectivity index (χ3v) is 5.76. The molecule has 0 aromatic rings. The first kappa shape index (κ1) is 14.8. The Balaban J connectivity index is 1.24. The van der Waals surface area contributed by atoms with Crippen molar-refractivity contribution >= 4 is 0 Å². The Morgan fingerprint density at radius 1 is 0.800 bits per heavy atom. The van der Waals surface area contributed by atoms with Crippen LogP contribution in [0.25, 0.3) is 0 Å². The van der Waals surface area contributed by atoms with Crippen LogP contribution in [0.1, 0.15) is 51.4 Å². The fraction of sp³-hybridized carbons (Fsp3) is 1.00. The minimum Gasteiger partial charge on any atom is -0.315 e. The van der Waals surface area contributed by atoms with Crippen LogP contribution in [0.2, 0.25) is 0 Å². The Labute approximate surface area is 125 Å². The second-order valence-corrected chi connectivity index (χ2v) is 7.17. The highest BCUT2D eigenvalue weighted by molar-refractivity contribution is 4.82. The van der Waals surface area contributed by atoms with Crippen LogP contribution in [-0.4, -0.2) is 61.7 Å². The molecule has 0 unspecified atom stereocenters. The molecule has 0 aromatic carbocycles. The van der Waals surface area contributed by atoms with Gasteiger partial charge in [0.2, 0.25) is 0 Å². The van der Waals surface area contributed by atoms with E-state index in [1.54, 1.807) is 0 Å². The Kier molecular flexibility index (Phi) is 5.75. The van der Waals surface area contributed by atoms with Crippen LogP contribution in [-0.2, 0) is 0 Å². The highest BCUT2D eigenvalue weighted by Gasteiger charge is 2.25. The van der Waals surface area contributed by atoms with Gasteiger partial charge in [-0.1, -0.05) is 25.7 Å². The molecule has 1 N–H and O–H groups in total. The van der Waals surface area contributed by atoms with E-state index in [9.17, 15) is 0 Å². The smallest absolute Gasteiger partial charge is 0.0113 e. The van der Waals surface area contributed by atoms with Crippen molar-refractivity contribution in [3.05, 3.63) is 0 Å². The van der Waals surface area contributed by atoms with Gasteiger partial charge in [-0.2, -0.15) is 0 Å². The maximum absolute atomic E-state index is 3.69. The molecule has 0 radical (unpaired) electrons. The summed E-state index contributed by atoms with van der Waals surface area (Å²) in [6, 6.07) is 0.928. The van der Waals surface area contributed by atoms with Crippen LogP contribution in [0.3, 0.4) is 0 Å². The normalized spacial score (nSPS) is 27.6. The third kappa shape index (κ3) is 4.19. The zero-order valence-corrected chi connectivity index (χ0v) is 13.2. The van der Waals surface area contributed by atoms with Gasteiger partial charge >= 0.3 is 0 Å². The SMILES string of the molecule is C1CCC(CNCCN2CCN(C3CCCC3)CC2)C1. The predicted molar refractivity (Wildman–Crippen MR) is 85.1 cm³/mol. The number of nitrogens with one attached hydrogen (secondary N) is 1. The molecule has 3 aliphatic rings. The first-order valence-electron chi connectivity index (χ1n) is 9.09. The molecule has 2 aliphatic carbocycles. The van der Waals surface area contributed by atoms with Gasteiger partial charge in [-0.3, -0.25) is 9.80 Å². The van der Waals surface area contributed by atoms with E-state index in [1.165, 1.54) is 97.2 Å². The minimum atomic E-state index is 0.928. The summed E-state index contributed by atoms with van der Waals surface area (Å²) in [4.78, 5) is 5.42. The summed E-state index contributed by atoms with van der Waals surface area (Å²) in [6.45, 7) is 8.93.